The van der Waals surface area contributed by atoms with Gasteiger partial charge in [-0.2, -0.15) is 0 Å². The van der Waals surface area contributed by atoms with Crippen molar-refractivity contribution in [3.63, 3.8) is 0 Å². The van der Waals surface area contributed by atoms with E-state index in [0.717, 1.165) is 11.8 Å². The Kier molecular flexibility index (Phi) is 1.49. The second kappa shape index (κ2) is 2.48. The van der Waals surface area contributed by atoms with Crippen molar-refractivity contribution < 1.29 is 4.74 Å². The first-order valence-electron chi connectivity index (χ1n) is 5.24. The SMILES string of the molecule is COC1C=CC2C3C=CCC12CC3. The van der Waals surface area contributed by atoms with Crippen molar-refractivity contribution in [3.8, 4) is 0 Å². The van der Waals surface area contributed by atoms with Crippen molar-refractivity contribution >= 4 is 0 Å². The second-order valence-electron chi connectivity index (χ2n) is 4.63. The summed E-state index contributed by atoms with van der Waals surface area (Å²) in [6, 6.07) is 0. The van der Waals surface area contributed by atoms with Gasteiger partial charge >= 0.3 is 0 Å². The zero-order valence-electron chi connectivity index (χ0n) is 8.07. The Hall–Kier alpha value is -0.560. The predicted molar refractivity (Wildman–Crippen MR) is 52.3 cm³/mol. The van der Waals surface area contributed by atoms with Gasteiger partial charge in [0.15, 0.2) is 0 Å². The molecule has 0 aliphatic heterocycles. The van der Waals surface area contributed by atoms with E-state index >= 15 is 0 Å². The van der Waals surface area contributed by atoms with Gasteiger partial charge in [0.1, 0.15) is 0 Å². The molecule has 70 valence electrons. The van der Waals surface area contributed by atoms with Gasteiger partial charge in [0.25, 0.3) is 0 Å². The Morgan fingerprint density at radius 2 is 2.23 bits per heavy atom. The Labute approximate surface area is 79.5 Å². The molecule has 1 heteroatoms. The molecule has 13 heavy (non-hydrogen) atoms. The molecule has 0 saturated heterocycles. The highest BCUT2D eigenvalue weighted by atomic mass is 16.5. The first-order valence-corrected chi connectivity index (χ1v) is 5.24. The number of hydrogen-bond acceptors (Lipinski definition) is 1. The minimum absolute atomic E-state index is 0.382. The summed E-state index contributed by atoms with van der Waals surface area (Å²) in [5.74, 6) is 1.59. The lowest BCUT2D eigenvalue weighted by molar-refractivity contribution is 0.0154. The molecule has 0 aromatic heterocycles. The molecule has 0 aromatic carbocycles. The zero-order chi connectivity index (χ0) is 8.89. The largest absolute Gasteiger partial charge is 0.377 e. The third kappa shape index (κ3) is 0.812. The molecular weight excluding hydrogens is 160 g/mol. The van der Waals surface area contributed by atoms with Crippen LogP contribution in [0.3, 0.4) is 0 Å². The van der Waals surface area contributed by atoms with Gasteiger partial charge in [-0.15, -0.1) is 0 Å². The average Bonchev–Trinajstić information content (AvgIpc) is 2.58. The fraction of sp³-hybridized carbons (Fsp3) is 0.667. The van der Waals surface area contributed by atoms with Gasteiger partial charge in [-0.05, 0) is 31.1 Å². The summed E-state index contributed by atoms with van der Waals surface area (Å²) >= 11 is 0. The highest BCUT2D eigenvalue weighted by Crippen LogP contribution is 2.59. The third-order valence-corrected chi connectivity index (χ3v) is 4.26. The van der Waals surface area contributed by atoms with Crippen LogP contribution in [0.2, 0.25) is 0 Å². The van der Waals surface area contributed by atoms with Crippen LogP contribution in [0.25, 0.3) is 0 Å². The van der Waals surface area contributed by atoms with E-state index in [0.29, 0.717) is 11.5 Å². The molecular formula is C12H16O. The summed E-state index contributed by atoms with van der Waals surface area (Å²) in [5.41, 5.74) is 0.453. The average molecular weight is 176 g/mol. The van der Waals surface area contributed by atoms with Gasteiger partial charge < -0.3 is 4.74 Å². The van der Waals surface area contributed by atoms with Crippen LogP contribution in [-0.4, -0.2) is 13.2 Å². The monoisotopic (exact) mass is 176 g/mol. The third-order valence-electron chi connectivity index (χ3n) is 4.26. The summed E-state index contributed by atoms with van der Waals surface area (Å²) in [5, 5.41) is 0. The van der Waals surface area contributed by atoms with Crippen LogP contribution in [0, 0.1) is 17.3 Å². The van der Waals surface area contributed by atoms with Gasteiger partial charge in [0, 0.05) is 12.5 Å². The number of hydrogen-bond donors (Lipinski definition) is 0. The fourth-order valence-electron chi connectivity index (χ4n) is 3.63. The number of ether oxygens (including phenoxy) is 1. The Morgan fingerprint density at radius 3 is 3.08 bits per heavy atom. The van der Waals surface area contributed by atoms with E-state index in [9.17, 15) is 0 Å². The maximum absolute atomic E-state index is 5.58. The van der Waals surface area contributed by atoms with Crippen molar-refractivity contribution in [1.29, 1.82) is 0 Å². The minimum Gasteiger partial charge on any atom is -0.377 e. The second-order valence-corrected chi connectivity index (χ2v) is 4.63. The smallest absolute Gasteiger partial charge is 0.0817 e. The first kappa shape index (κ1) is 7.81. The fourth-order valence-corrected chi connectivity index (χ4v) is 3.63. The van der Waals surface area contributed by atoms with Crippen LogP contribution in [-0.2, 0) is 4.74 Å². The predicted octanol–water partition coefficient (Wildman–Crippen LogP) is 2.54. The molecule has 3 aliphatic carbocycles. The molecule has 0 aromatic rings. The van der Waals surface area contributed by atoms with Gasteiger partial charge in [0.2, 0.25) is 0 Å². The number of allylic oxidation sites excluding steroid dienone is 3. The van der Waals surface area contributed by atoms with Crippen molar-refractivity contribution in [1.82, 2.24) is 0 Å². The van der Waals surface area contributed by atoms with E-state index in [1.807, 2.05) is 7.11 Å². The maximum Gasteiger partial charge on any atom is 0.0817 e. The molecule has 1 nitrogen and oxygen atoms in total. The van der Waals surface area contributed by atoms with Crippen LogP contribution >= 0.6 is 0 Å². The van der Waals surface area contributed by atoms with Gasteiger partial charge in [-0.1, -0.05) is 24.3 Å². The quantitative estimate of drug-likeness (QED) is 0.558. The molecule has 1 saturated carbocycles. The van der Waals surface area contributed by atoms with Gasteiger partial charge in [-0.25, -0.2) is 0 Å². The molecule has 0 N–H and O–H groups in total. The minimum atomic E-state index is 0.382. The first-order chi connectivity index (χ1) is 6.37. The lowest BCUT2D eigenvalue weighted by Gasteiger charge is -2.37. The maximum atomic E-state index is 5.58. The molecule has 3 rings (SSSR count). The molecule has 0 amide bonds. The Morgan fingerprint density at radius 1 is 1.31 bits per heavy atom. The van der Waals surface area contributed by atoms with E-state index in [-0.39, 0.29) is 0 Å². The molecule has 3 aliphatic rings. The van der Waals surface area contributed by atoms with Crippen LogP contribution in [0.5, 0.6) is 0 Å². The topological polar surface area (TPSA) is 9.23 Å². The Balaban J connectivity index is 2.03. The summed E-state index contributed by atoms with van der Waals surface area (Å²) in [7, 11) is 1.85. The van der Waals surface area contributed by atoms with Gasteiger partial charge in [-0.3, -0.25) is 0 Å². The number of rotatable bonds is 1. The highest BCUT2D eigenvalue weighted by molar-refractivity contribution is 5.26. The van der Waals surface area contributed by atoms with Crippen molar-refractivity contribution in [2.24, 2.45) is 17.3 Å². The van der Waals surface area contributed by atoms with Crippen molar-refractivity contribution in [2.75, 3.05) is 7.11 Å². The lowest BCUT2D eigenvalue weighted by Crippen LogP contribution is -2.36. The van der Waals surface area contributed by atoms with E-state index < -0.39 is 0 Å². The molecule has 2 bridgehead atoms. The highest BCUT2D eigenvalue weighted by Gasteiger charge is 2.54. The summed E-state index contributed by atoms with van der Waals surface area (Å²) in [6.45, 7) is 0. The molecule has 0 spiro atoms. The summed E-state index contributed by atoms with van der Waals surface area (Å²) in [6.07, 6.45) is 13.8. The van der Waals surface area contributed by atoms with E-state index in [1.54, 1.807) is 0 Å². The molecule has 4 atom stereocenters. The zero-order valence-corrected chi connectivity index (χ0v) is 8.07. The molecule has 4 unspecified atom stereocenters. The van der Waals surface area contributed by atoms with Crippen LogP contribution < -0.4 is 0 Å². The normalized spacial score (nSPS) is 51.3. The summed E-state index contributed by atoms with van der Waals surface area (Å²) in [4.78, 5) is 0. The number of methoxy groups -OCH3 is 1. The Bertz CT molecular complexity index is 279. The van der Waals surface area contributed by atoms with Gasteiger partial charge in [0.05, 0.1) is 6.10 Å². The van der Waals surface area contributed by atoms with Crippen LogP contribution in [0.15, 0.2) is 24.3 Å². The van der Waals surface area contributed by atoms with Crippen LogP contribution in [0.1, 0.15) is 19.3 Å². The van der Waals surface area contributed by atoms with Crippen molar-refractivity contribution in [2.45, 2.75) is 25.4 Å². The standard InChI is InChI=1S/C12H16O/c1-13-11-5-4-10-9-3-2-7-12(10,11)8-6-9/h2-5,9-11H,6-8H2,1H3. The van der Waals surface area contributed by atoms with Crippen LogP contribution in [0.4, 0.5) is 0 Å². The van der Waals surface area contributed by atoms with E-state index in [4.69, 9.17) is 4.74 Å². The summed E-state index contributed by atoms with van der Waals surface area (Å²) < 4.78 is 5.58. The molecule has 1 fully saturated rings. The molecule has 0 radical (unpaired) electrons. The molecule has 0 heterocycles. The van der Waals surface area contributed by atoms with Crippen molar-refractivity contribution in [3.05, 3.63) is 24.3 Å². The van der Waals surface area contributed by atoms with E-state index in [2.05, 4.69) is 24.3 Å². The van der Waals surface area contributed by atoms with E-state index in [1.165, 1.54) is 19.3 Å². The lowest BCUT2D eigenvalue weighted by atomic mass is 9.70.